The number of rotatable bonds is 5. The quantitative estimate of drug-likeness (QED) is 0.904. The molecule has 126 valence electrons. The molecule has 0 radical (unpaired) electrons. The number of hydrogen-bond donors (Lipinski definition) is 1. The highest BCUT2D eigenvalue weighted by Crippen LogP contribution is 2.36. The van der Waals surface area contributed by atoms with E-state index in [4.69, 9.17) is 14.7 Å². The van der Waals surface area contributed by atoms with Crippen LogP contribution in [0.1, 0.15) is 16.8 Å². The van der Waals surface area contributed by atoms with E-state index >= 15 is 0 Å². The molecule has 24 heavy (non-hydrogen) atoms. The summed E-state index contributed by atoms with van der Waals surface area (Å²) in [5.74, 6) is 0.107. The number of hydrogen-bond acceptors (Lipinski definition) is 5. The second-order valence-corrected chi connectivity index (χ2v) is 4.74. The van der Waals surface area contributed by atoms with Crippen LogP contribution in [0.15, 0.2) is 30.3 Å². The molecule has 0 aliphatic carbocycles. The smallest absolute Gasteiger partial charge is 0.433 e. The van der Waals surface area contributed by atoms with Gasteiger partial charge in [-0.15, -0.1) is 0 Å². The van der Waals surface area contributed by atoms with Crippen LogP contribution in [0.25, 0.3) is 0 Å². The minimum atomic E-state index is -4.63. The van der Waals surface area contributed by atoms with Crippen molar-refractivity contribution in [3.8, 4) is 23.4 Å². The van der Waals surface area contributed by atoms with E-state index in [1.807, 2.05) is 0 Å². The van der Waals surface area contributed by atoms with Crippen molar-refractivity contribution < 1.29 is 22.6 Å². The van der Waals surface area contributed by atoms with Crippen LogP contribution < -0.4 is 14.8 Å². The van der Waals surface area contributed by atoms with Crippen LogP contribution in [0.3, 0.4) is 0 Å². The van der Waals surface area contributed by atoms with Gasteiger partial charge in [-0.1, -0.05) is 12.1 Å². The zero-order valence-electron chi connectivity index (χ0n) is 12.9. The van der Waals surface area contributed by atoms with Crippen LogP contribution in [0.4, 0.5) is 13.2 Å². The number of nitriles is 1. The standard InChI is InChI=1S/C16H14F3N3O2/c1-21-9-11-4-3-5-12(14(11)23-2)24-15-10(8-20)6-7-13(22-15)16(17,18)19/h3-7,21H,9H2,1-2H3. The third kappa shape index (κ3) is 3.75. The molecule has 0 saturated carbocycles. The number of halogens is 3. The summed E-state index contributed by atoms with van der Waals surface area (Å²) in [6.07, 6.45) is -4.63. The molecule has 0 bridgehead atoms. The van der Waals surface area contributed by atoms with Crippen molar-refractivity contribution in [2.24, 2.45) is 0 Å². The number of nitrogens with one attached hydrogen (secondary N) is 1. The highest BCUT2D eigenvalue weighted by molar-refractivity contribution is 5.50. The second-order valence-electron chi connectivity index (χ2n) is 4.74. The molecule has 0 unspecified atom stereocenters. The van der Waals surface area contributed by atoms with Gasteiger partial charge >= 0.3 is 6.18 Å². The number of para-hydroxylation sites is 1. The fourth-order valence-corrected chi connectivity index (χ4v) is 2.07. The van der Waals surface area contributed by atoms with Crippen molar-refractivity contribution >= 4 is 0 Å². The van der Waals surface area contributed by atoms with E-state index in [9.17, 15) is 13.2 Å². The van der Waals surface area contributed by atoms with Gasteiger partial charge in [0.2, 0.25) is 5.88 Å². The van der Waals surface area contributed by atoms with Crippen LogP contribution >= 0.6 is 0 Å². The van der Waals surface area contributed by atoms with Gasteiger partial charge in [-0.3, -0.25) is 0 Å². The molecule has 2 aromatic rings. The van der Waals surface area contributed by atoms with Crippen LogP contribution in [0.5, 0.6) is 17.4 Å². The molecular formula is C16H14F3N3O2. The van der Waals surface area contributed by atoms with Crippen molar-refractivity contribution in [3.63, 3.8) is 0 Å². The van der Waals surface area contributed by atoms with Crippen LogP contribution in [0.2, 0.25) is 0 Å². The summed E-state index contributed by atoms with van der Waals surface area (Å²) < 4.78 is 49.2. The summed E-state index contributed by atoms with van der Waals surface area (Å²) in [6, 6.07) is 8.51. The number of alkyl halides is 3. The Morgan fingerprint density at radius 2 is 2.00 bits per heavy atom. The normalized spacial score (nSPS) is 11.0. The fraction of sp³-hybridized carbons (Fsp3) is 0.250. The first kappa shape index (κ1) is 17.6. The van der Waals surface area contributed by atoms with Gasteiger partial charge in [-0.2, -0.15) is 18.4 Å². The Morgan fingerprint density at radius 1 is 1.25 bits per heavy atom. The molecule has 0 aliphatic rings. The molecule has 0 aliphatic heterocycles. The van der Waals surface area contributed by atoms with E-state index in [2.05, 4.69) is 10.3 Å². The summed E-state index contributed by atoms with van der Waals surface area (Å²) in [7, 11) is 3.17. The number of ether oxygens (including phenoxy) is 2. The van der Waals surface area contributed by atoms with E-state index in [1.54, 1.807) is 25.2 Å². The maximum Gasteiger partial charge on any atom is 0.433 e. The Morgan fingerprint density at radius 3 is 2.58 bits per heavy atom. The first-order valence-electron chi connectivity index (χ1n) is 6.87. The second kappa shape index (κ2) is 7.19. The maximum atomic E-state index is 12.8. The molecule has 5 nitrogen and oxygen atoms in total. The molecule has 0 spiro atoms. The zero-order chi connectivity index (χ0) is 17.7. The van der Waals surface area contributed by atoms with Crippen molar-refractivity contribution in [2.75, 3.05) is 14.2 Å². The minimum absolute atomic E-state index is 0.107. The average Bonchev–Trinajstić information content (AvgIpc) is 2.54. The summed E-state index contributed by atoms with van der Waals surface area (Å²) >= 11 is 0. The summed E-state index contributed by atoms with van der Waals surface area (Å²) in [6.45, 7) is 0.474. The molecule has 0 fully saturated rings. The number of aromatic nitrogens is 1. The Labute approximate surface area is 136 Å². The first-order valence-corrected chi connectivity index (χ1v) is 6.87. The van der Waals surface area contributed by atoms with Crippen LogP contribution in [-0.4, -0.2) is 19.1 Å². The van der Waals surface area contributed by atoms with Gasteiger partial charge in [0.25, 0.3) is 0 Å². The summed E-state index contributed by atoms with van der Waals surface area (Å²) in [4.78, 5) is 3.42. The van der Waals surface area contributed by atoms with E-state index in [1.165, 1.54) is 13.2 Å². The summed E-state index contributed by atoms with van der Waals surface area (Å²) in [5.41, 5.74) is -0.492. The Bertz CT molecular complexity index is 770. The zero-order valence-corrected chi connectivity index (χ0v) is 12.9. The third-order valence-electron chi connectivity index (χ3n) is 3.11. The van der Waals surface area contributed by atoms with Crippen LogP contribution in [-0.2, 0) is 12.7 Å². The minimum Gasteiger partial charge on any atom is -0.492 e. The first-order chi connectivity index (χ1) is 11.4. The molecule has 1 aromatic carbocycles. The van der Waals surface area contributed by atoms with Crippen molar-refractivity contribution in [2.45, 2.75) is 12.7 Å². The van der Waals surface area contributed by atoms with Gasteiger partial charge in [-0.05, 0) is 25.2 Å². The predicted molar refractivity (Wildman–Crippen MR) is 79.8 cm³/mol. The van der Waals surface area contributed by atoms with Gasteiger partial charge in [0.05, 0.1) is 7.11 Å². The highest BCUT2D eigenvalue weighted by atomic mass is 19.4. The monoisotopic (exact) mass is 337 g/mol. The van der Waals surface area contributed by atoms with E-state index < -0.39 is 17.8 Å². The van der Waals surface area contributed by atoms with E-state index in [0.29, 0.717) is 12.3 Å². The Balaban J connectivity index is 2.48. The lowest BCUT2D eigenvalue weighted by Gasteiger charge is -2.15. The molecular weight excluding hydrogens is 323 g/mol. The topological polar surface area (TPSA) is 67.2 Å². The molecule has 1 heterocycles. The average molecular weight is 337 g/mol. The van der Waals surface area contributed by atoms with Crippen molar-refractivity contribution in [1.29, 1.82) is 5.26 Å². The van der Waals surface area contributed by atoms with Crippen LogP contribution in [0, 0.1) is 11.3 Å². The fourth-order valence-electron chi connectivity index (χ4n) is 2.07. The molecule has 0 saturated heterocycles. The lowest BCUT2D eigenvalue weighted by molar-refractivity contribution is -0.141. The van der Waals surface area contributed by atoms with Gasteiger partial charge in [0.15, 0.2) is 11.5 Å². The molecule has 1 N–H and O–H groups in total. The van der Waals surface area contributed by atoms with Gasteiger partial charge in [0, 0.05) is 12.1 Å². The Kier molecular flexibility index (Phi) is 5.26. The largest absolute Gasteiger partial charge is 0.492 e. The molecule has 8 heteroatoms. The number of pyridine rings is 1. The molecule has 0 atom stereocenters. The number of nitrogens with zero attached hydrogens (tertiary/aromatic N) is 2. The number of benzene rings is 1. The van der Waals surface area contributed by atoms with Crippen molar-refractivity contribution in [3.05, 3.63) is 47.2 Å². The molecule has 1 aromatic heterocycles. The highest BCUT2D eigenvalue weighted by Gasteiger charge is 2.33. The van der Waals surface area contributed by atoms with E-state index in [-0.39, 0.29) is 11.3 Å². The summed E-state index contributed by atoms with van der Waals surface area (Å²) in [5, 5.41) is 12.0. The lowest BCUT2D eigenvalue weighted by atomic mass is 10.2. The van der Waals surface area contributed by atoms with E-state index in [0.717, 1.165) is 17.7 Å². The molecule has 0 amide bonds. The predicted octanol–water partition coefficient (Wildman–Crippen LogP) is 3.49. The van der Waals surface area contributed by atoms with Gasteiger partial charge in [-0.25, -0.2) is 4.98 Å². The van der Waals surface area contributed by atoms with Gasteiger partial charge < -0.3 is 14.8 Å². The lowest BCUT2D eigenvalue weighted by Crippen LogP contribution is -2.10. The van der Waals surface area contributed by atoms with Crippen molar-refractivity contribution in [1.82, 2.24) is 10.3 Å². The van der Waals surface area contributed by atoms with Gasteiger partial charge in [0.1, 0.15) is 17.3 Å². The third-order valence-corrected chi connectivity index (χ3v) is 3.11. The number of methoxy groups -OCH3 is 1. The Hall–Kier alpha value is -2.79. The molecule has 2 rings (SSSR count). The maximum absolute atomic E-state index is 12.8. The SMILES string of the molecule is CNCc1cccc(Oc2nc(C(F)(F)F)ccc2C#N)c1OC.